The summed E-state index contributed by atoms with van der Waals surface area (Å²) in [5.74, 6) is 0. The summed E-state index contributed by atoms with van der Waals surface area (Å²) in [4.78, 5) is 0.949. The predicted molar refractivity (Wildman–Crippen MR) is 94.4 cm³/mol. The molecule has 1 fully saturated rings. The number of benzene rings is 1. The first-order chi connectivity index (χ1) is 11.6. The van der Waals surface area contributed by atoms with Gasteiger partial charge in [0.2, 0.25) is 0 Å². The van der Waals surface area contributed by atoms with Gasteiger partial charge in [0.25, 0.3) is 0 Å². The molecule has 3 rings (SSSR count). The molecule has 0 bridgehead atoms. The van der Waals surface area contributed by atoms with Gasteiger partial charge in [-0.25, -0.2) is 0 Å². The van der Waals surface area contributed by atoms with Gasteiger partial charge in [-0.15, -0.1) is 11.3 Å². The third-order valence-electron chi connectivity index (χ3n) is 4.20. The van der Waals surface area contributed by atoms with E-state index in [9.17, 15) is 5.11 Å². The summed E-state index contributed by atoms with van der Waals surface area (Å²) in [7, 11) is 0. The lowest BCUT2D eigenvalue weighted by molar-refractivity contribution is -0.0415. The van der Waals surface area contributed by atoms with E-state index in [0.29, 0.717) is 37.5 Å². The van der Waals surface area contributed by atoms with Gasteiger partial charge in [-0.1, -0.05) is 23.7 Å². The number of aliphatic hydroxyl groups is 2. The molecule has 0 amide bonds. The van der Waals surface area contributed by atoms with Crippen molar-refractivity contribution in [1.29, 1.82) is 0 Å². The molecule has 0 aliphatic carbocycles. The Kier molecular flexibility index (Phi) is 5.92. The quantitative estimate of drug-likeness (QED) is 0.729. The van der Waals surface area contributed by atoms with Crippen LogP contribution in [0.4, 0.5) is 0 Å². The highest BCUT2D eigenvalue weighted by Crippen LogP contribution is 2.40. The molecule has 2 aromatic rings. The number of rotatable bonds is 7. The molecule has 24 heavy (non-hydrogen) atoms. The Labute approximate surface area is 150 Å². The fourth-order valence-electron chi connectivity index (χ4n) is 2.91. The minimum absolute atomic E-state index is 0.115. The third kappa shape index (κ3) is 3.82. The van der Waals surface area contributed by atoms with Crippen molar-refractivity contribution in [2.75, 3.05) is 19.8 Å². The standard InChI is InChI=1S/C18H21ClO4S/c19-15-5-3-4-13(10-15)18(21,6-1-2-7-20)14-11-16(24-12-14)17-22-8-9-23-17/h3-5,10-12,17,20-21H,1-2,6-9H2. The Morgan fingerprint density at radius 1 is 1.17 bits per heavy atom. The summed E-state index contributed by atoms with van der Waals surface area (Å²) < 4.78 is 11.1. The van der Waals surface area contributed by atoms with Crippen LogP contribution in [0.3, 0.4) is 0 Å². The molecular weight excluding hydrogens is 348 g/mol. The monoisotopic (exact) mass is 368 g/mol. The molecule has 2 heterocycles. The van der Waals surface area contributed by atoms with Gasteiger partial charge in [-0.05, 0) is 54.0 Å². The number of hydrogen-bond acceptors (Lipinski definition) is 5. The summed E-state index contributed by atoms with van der Waals surface area (Å²) in [6, 6.07) is 9.25. The minimum Gasteiger partial charge on any atom is -0.396 e. The van der Waals surface area contributed by atoms with E-state index in [4.69, 9.17) is 26.2 Å². The maximum atomic E-state index is 11.4. The average molecular weight is 369 g/mol. The first-order valence-electron chi connectivity index (χ1n) is 8.05. The third-order valence-corrected chi connectivity index (χ3v) is 5.39. The predicted octanol–water partition coefficient (Wildman–Crippen LogP) is 3.85. The molecule has 1 saturated heterocycles. The average Bonchev–Trinajstić information content (AvgIpc) is 3.26. The van der Waals surface area contributed by atoms with Crippen LogP contribution < -0.4 is 0 Å². The van der Waals surface area contributed by atoms with Crippen LogP contribution in [0.15, 0.2) is 35.7 Å². The lowest BCUT2D eigenvalue weighted by Gasteiger charge is -2.28. The highest BCUT2D eigenvalue weighted by Gasteiger charge is 2.33. The molecule has 0 spiro atoms. The molecule has 1 aromatic carbocycles. The normalized spacial score (nSPS) is 18.0. The number of ether oxygens (including phenoxy) is 2. The Balaban J connectivity index is 1.91. The number of aliphatic hydroxyl groups excluding tert-OH is 1. The van der Waals surface area contributed by atoms with Crippen LogP contribution in [0.2, 0.25) is 5.02 Å². The SMILES string of the molecule is OCCCCC(O)(c1cccc(Cl)c1)c1csc(C2OCCO2)c1. The van der Waals surface area contributed by atoms with Gasteiger partial charge in [-0.2, -0.15) is 0 Å². The summed E-state index contributed by atoms with van der Waals surface area (Å²) >= 11 is 7.64. The van der Waals surface area contributed by atoms with E-state index in [0.717, 1.165) is 16.0 Å². The molecule has 4 nitrogen and oxygen atoms in total. The first-order valence-corrected chi connectivity index (χ1v) is 9.30. The van der Waals surface area contributed by atoms with Crippen molar-refractivity contribution in [3.8, 4) is 0 Å². The summed E-state index contributed by atoms with van der Waals surface area (Å²) in [5.41, 5.74) is 0.417. The number of halogens is 1. The minimum atomic E-state index is -1.15. The highest BCUT2D eigenvalue weighted by atomic mass is 35.5. The molecular formula is C18H21ClO4S. The molecule has 2 N–H and O–H groups in total. The van der Waals surface area contributed by atoms with Crippen LogP contribution in [-0.2, 0) is 15.1 Å². The Morgan fingerprint density at radius 2 is 1.96 bits per heavy atom. The van der Waals surface area contributed by atoms with Crippen molar-refractivity contribution in [1.82, 2.24) is 0 Å². The van der Waals surface area contributed by atoms with E-state index >= 15 is 0 Å². The molecule has 0 radical (unpaired) electrons. The molecule has 130 valence electrons. The molecule has 1 aromatic heterocycles. The fraction of sp³-hybridized carbons (Fsp3) is 0.444. The second-order valence-corrected chi connectivity index (χ2v) is 7.24. The van der Waals surface area contributed by atoms with Gasteiger partial charge in [0.1, 0.15) is 5.60 Å². The molecule has 1 aliphatic rings. The topological polar surface area (TPSA) is 58.9 Å². The Morgan fingerprint density at radius 3 is 2.67 bits per heavy atom. The van der Waals surface area contributed by atoms with Crippen LogP contribution in [-0.4, -0.2) is 30.0 Å². The van der Waals surface area contributed by atoms with E-state index < -0.39 is 5.60 Å². The van der Waals surface area contributed by atoms with E-state index in [2.05, 4.69) is 0 Å². The maximum Gasteiger partial charge on any atom is 0.193 e. The zero-order valence-electron chi connectivity index (χ0n) is 13.3. The van der Waals surface area contributed by atoms with Gasteiger partial charge >= 0.3 is 0 Å². The smallest absolute Gasteiger partial charge is 0.193 e. The highest BCUT2D eigenvalue weighted by molar-refractivity contribution is 7.10. The molecule has 0 saturated carbocycles. The second-order valence-electron chi connectivity index (χ2n) is 5.86. The van der Waals surface area contributed by atoms with Crippen molar-refractivity contribution >= 4 is 22.9 Å². The number of unbranched alkanes of at least 4 members (excludes halogenated alkanes) is 1. The van der Waals surface area contributed by atoms with E-state index in [1.807, 2.05) is 23.6 Å². The van der Waals surface area contributed by atoms with Crippen molar-refractivity contribution in [3.05, 3.63) is 56.7 Å². The summed E-state index contributed by atoms with van der Waals surface area (Å²) in [6.45, 7) is 1.30. The van der Waals surface area contributed by atoms with Gasteiger partial charge in [0, 0.05) is 11.6 Å². The molecule has 1 atom stereocenters. The van der Waals surface area contributed by atoms with E-state index in [1.54, 1.807) is 12.1 Å². The Bertz CT molecular complexity index is 669. The van der Waals surface area contributed by atoms with Crippen LogP contribution >= 0.6 is 22.9 Å². The molecule has 1 unspecified atom stereocenters. The van der Waals surface area contributed by atoms with E-state index in [-0.39, 0.29) is 12.9 Å². The van der Waals surface area contributed by atoms with Crippen LogP contribution in [0.1, 0.15) is 41.6 Å². The number of hydrogen-bond donors (Lipinski definition) is 2. The zero-order chi connectivity index (χ0) is 17.0. The van der Waals surface area contributed by atoms with Crippen molar-refractivity contribution in [2.24, 2.45) is 0 Å². The molecule has 6 heteroatoms. The van der Waals surface area contributed by atoms with Crippen molar-refractivity contribution < 1.29 is 19.7 Å². The second kappa shape index (κ2) is 7.95. The number of thiophene rings is 1. The van der Waals surface area contributed by atoms with Crippen molar-refractivity contribution in [3.63, 3.8) is 0 Å². The largest absolute Gasteiger partial charge is 0.396 e. The van der Waals surface area contributed by atoms with Gasteiger partial charge < -0.3 is 19.7 Å². The van der Waals surface area contributed by atoms with Crippen LogP contribution in [0, 0.1) is 0 Å². The summed E-state index contributed by atoms with van der Waals surface area (Å²) in [5, 5.41) is 23.0. The van der Waals surface area contributed by atoms with Gasteiger partial charge in [0.15, 0.2) is 6.29 Å². The van der Waals surface area contributed by atoms with Crippen LogP contribution in [0.5, 0.6) is 0 Å². The maximum absolute atomic E-state index is 11.4. The lowest BCUT2D eigenvalue weighted by Crippen LogP contribution is -2.27. The fourth-order valence-corrected chi connectivity index (χ4v) is 4.07. The van der Waals surface area contributed by atoms with E-state index in [1.165, 1.54) is 11.3 Å². The van der Waals surface area contributed by atoms with Crippen LogP contribution in [0.25, 0.3) is 0 Å². The lowest BCUT2D eigenvalue weighted by atomic mass is 9.83. The Hall–Kier alpha value is -0.950. The zero-order valence-corrected chi connectivity index (χ0v) is 14.9. The van der Waals surface area contributed by atoms with Crippen molar-refractivity contribution in [2.45, 2.75) is 31.2 Å². The van der Waals surface area contributed by atoms with Gasteiger partial charge in [0.05, 0.1) is 18.1 Å². The van der Waals surface area contributed by atoms with Gasteiger partial charge in [-0.3, -0.25) is 0 Å². The molecule has 1 aliphatic heterocycles. The summed E-state index contributed by atoms with van der Waals surface area (Å²) in [6.07, 6.45) is 1.52. The first kappa shape index (κ1) is 17.9.